The van der Waals surface area contributed by atoms with Crippen LogP contribution in [0.5, 0.6) is 0 Å². The Morgan fingerprint density at radius 2 is 1.76 bits per heavy atom. The first-order valence-electron chi connectivity index (χ1n) is 7.34. The van der Waals surface area contributed by atoms with E-state index in [4.69, 9.17) is 9.47 Å². The number of esters is 2. The summed E-state index contributed by atoms with van der Waals surface area (Å²) in [6.45, 7) is 5.84. The van der Waals surface area contributed by atoms with Crippen molar-refractivity contribution in [2.75, 3.05) is 13.2 Å². The Bertz CT molecular complexity index is 441. The van der Waals surface area contributed by atoms with Crippen LogP contribution in [0.25, 0.3) is 0 Å². The van der Waals surface area contributed by atoms with E-state index in [1.165, 1.54) is 0 Å². The third-order valence-electron chi connectivity index (χ3n) is 3.24. The van der Waals surface area contributed by atoms with Crippen LogP contribution in [-0.4, -0.2) is 30.1 Å². The van der Waals surface area contributed by atoms with Crippen molar-refractivity contribution in [2.45, 2.75) is 40.0 Å². The monoisotopic (exact) mass is 293 g/mol. The van der Waals surface area contributed by atoms with E-state index < -0.39 is 17.4 Å². The van der Waals surface area contributed by atoms with Gasteiger partial charge in [-0.15, -0.1) is 0 Å². The van der Waals surface area contributed by atoms with Crippen molar-refractivity contribution in [1.82, 2.24) is 4.98 Å². The number of nitrogens with zero attached hydrogens (tertiary/aromatic N) is 1. The van der Waals surface area contributed by atoms with Crippen LogP contribution < -0.4 is 0 Å². The van der Waals surface area contributed by atoms with Crippen molar-refractivity contribution in [2.24, 2.45) is 5.41 Å². The summed E-state index contributed by atoms with van der Waals surface area (Å²) in [4.78, 5) is 28.9. The number of aromatic nitrogens is 1. The van der Waals surface area contributed by atoms with E-state index in [-0.39, 0.29) is 19.6 Å². The molecule has 1 rings (SSSR count). The Balaban J connectivity index is 3.15. The minimum Gasteiger partial charge on any atom is -0.465 e. The molecule has 0 saturated carbocycles. The molecule has 5 nitrogen and oxygen atoms in total. The van der Waals surface area contributed by atoms with Crippen LogP contribution in [0.15, 0.2) is 24.5 Å². The predicted octanol–water partition coefficient (Wildman–Crippen LogP) is 2.54. The molecule has 0 aliphatic heterocycles. The standard InChI is InChI=1S/C16H23NO4/c1-4-9-16(14(18)20-5-2,15(19)21-6-3)11-13-8-7-10-17-12-13/h7-8,10,12H,4-6,9,11H2,1-3H3. The summed E-state index contributed by atoms with van der Waals surface area (Å²) in [5, 5.41) is 0. The third kappa shape index (κ3) is 4.28. The molecule has 0 saturated heterocycles. The number of ether oxygens (including phenoxy) is 2. The molecule has 0 atom stereocenters. The zero-order chi connectivity index (χ0) is 15.7. The van der Waals surface area contributed by atoms with Gasteiger partial charge in [0.1, 0.15) is 0 Å². The van der Waals surface area contributed by atoms with Crippen LogP contribution in [0.2, 0.25) is 0 Å². The average molecular weight is 293 g/mol. The van der Waals surface area contributed by atoms with E-state index in [2.05, 4.69) is 4.98 Å². The van der Waals surface area contributed by atoms with Crippen molar-refractivity contribution in [3.05, 3.63) is 30.1 Å². The maximum Gasteiger partial charge on any atom is 0.323 e. The quantitative estimate of drug-likeness (QED) is 0.544. The van der Waals surface area contributed by atoms with Crippen LogP contribution in [0, 0.1) is 5.41 Å². The minimum absolute atomic E-state index is 0.233. The van der Waals surface area contributed by atoms with Gasteiger partial charge in [-0.25, -0.2) is 0 Å². The van der Waals surface area contributed by atoms with Gasteiger partial charge in [0.2, 0.25) is 0 Å². The van der Waals surface area contributed by atoms with Gasteiger partial charge in [0.05, 0.1) is 13.2 Å². The SMILES string of the molecule is CCCC(Cc1cccnc1)(C(=O)OCC)C(=O)OCC. The molecule has 0 amide bonds. The lowest BCUT2D eigenvalue weighted by molar-refractivity contribution is -0.172. The highest BCUT2D eigenvalue weighted by Crippen LogP contribution is 2.32. The maximum absolute atomic E-state index is 12.4. The van der Waals surface area contributed by atoms with Gasteiger partial charge < -0.3 is 9.47 Å². The highest BCUT2D eigenvalue weighted by atomic mass is 16.6. The first-order valence-corrected chi connectivity index (χ1v) is 7.34. The summed E-state index contributed by atoms with van der Waals surface area (Å²) in [5.74, 6) is -1.04. The van der Waals surface area contributed by atoms with Crippen molar-refractivity contribution < 1.29 is 19.1 Å². The Morgan fingerprint density at radius 3 is 2.19 bits per heavy atom. The predicted molar refractivity (Wildman–Crippen MR) is 78.5 cm³/mol. The summed E-state index contributed by atoms with van der Waals surface area (Å²) in [6, 6.07) is 3.62. The van der Waals surface area contributed by atoms with Crippen molar-refractivity contribution in [1.29, 1.82) is 0 Å². The van der Waals surface area contributed by atoms with Gasteiger partial charge in [-0.1, -0.05) is 19.4 Å². The molecule has 0 fully saturated rings. The molecule has 0 aliphatic rings. The van der Waals surface area contributed by atoms with Gasteiger partial charge in [-0.05, 0) is 31.9 Å². The summed E-state index contributed by atoms with van der Waals surface area (Å²) in [5.41, 5.74) is -0.476. The largest absolute Gasteiger partial charge is 0.465 e. The Morgan fingerprint density at radius 1 is 1.14 bits per heavy atom. The molecule has 0 unspecified atom stereocenters. The summed E-state index contributed by atoms with van der Waals surface area (Å²) >= 11 is 0. The Hall–Kier alpha value is -1.91. The molecule has 1 aromatic heterocycles. The molecule has 0 aromatic carbocycles. The number of rotatable bonds is 8. The first kappa shape index (κ1) is 17.1. The molecule has 0 aliphatic carbocycles. The fraction of sp³-hybridized carbons (Fsp3) is 0.562. The van der Waals surface area contributed by atoms with Crippen molar-refractivity contribution in [3.63, 3.8) is 0 Å². The van der Waals surface area contributed by atoms with Crippen LogP contribution in [-0.2, 0) is 25.5 Å². The maximum atomic E-state index is 12.4. The second kappa shape index (κ2) is 8.39. The van der Waals surface area contributed by atoms with E-state index in [0.29, 0.717) is 12.8 Å². The van der Waals surface area contributed by atoms with E-state index in [1.807, 2.05) is 13.0 Å². The molecule has 0 spiro atoms. The fourth-order valence-electron chi connectivity index (χ4n) is 2.34. The molecule has 1 heterocycles. The summed E-state index contributed by atoms with van der Waals surface area (Å²) in [7, 11) is 0. The second-order valence-corrected chi connectivity index (χ2v) is 4.81. The fourth-order valence-corrected chi connectivity index (χ4v) is 2.34. The van der Waals surface area contributed by atoms with Crippen LogP contribution >= 0.6 is 0 Å². The number of hydrogen-bond donors (Lipinski definition) is 0. The first-order chi connectivity index (χ1) is 10.1. The molecule has 5 heteroatoms. The molecule has 0 N–H and O–H groups in total. The zero-order valence-electron chi connectivity index (χ0n) is 12.9. The lowest BCUT2D eigenvalue weighted by Gasteiger charge is -2.28. The van der Waals surface area contributed by atoms with Gasteiger partial charge in [0.25, 0.3) is 0 Å². The molecular formula is C16H23NO4. The van der Waals surface area contributed by atoms with E-state index in [1.54, 1.807) is 32.3 Å². The van der Waals surface area contributed by atoms with Crippen molar-refractivity contribution >= 4 is 11.9 Å². The number of carbonyl (C=O) groups excluding carboxylic acids is 2. The topological polar surface area (TPSA) is 65.5 Å². The van der Waals surface area contributed by atoms with Crippen LogP contribution in [0.4, 0.5) is 0 Å². The van der Waals surface area contributed by atoms with Gasteiger partial charge in [-0.2, -0.15) is 0 Å². The number of carbonyl (C=O) groups is 2. The molecule has 0 bridgehead atoms. The van der Waals surface area contributed by atoms with Gasteiger partial charge in [-0.3, -0.25) is 14.6 Å². The highest BCUT2D eigenvalue weighted by molar-refractivity contribution is 6.00. The van der Waals surface area contributed by atoms with Crippen molar-refractivity contribution in [3.8, 4) is 0 Å². The molecule has 0 radical (unpaired) electrons. The Labute approximate surface area is 125 Å². The van der Waals surface area contributed by atoms with E-state index in [0.717, 1.165) is 5.56 Å². The molecule has 21 heavy (non-hydrogen) atoms. The minimum atomic E-state index is -1.29. The lowest BCUT2D eigenvalue weighted by atomic mass is 9.78. The van der Waals surface area contributed by atoms with Crippen LogP contribution in [0.1, 0.15) is 39.2 Å². The highest BCUT2D eigenvalue weighted by Gasteiger charge is 2.48. The smallest absolute Gasteiger partial charge is 0.323 e. The van der Waals surface area contributed by atoms with Crippen LogP contribution in [0.3, 0.4) is 0 Å². The molecular weight excluding hydrogens is 270 g/mol. The normalized spacial score (nSPS) is 11.0. The third-order valence-corrected chi connectivity index (χ3v) is 3.24. The second-order valence-electron chi connectivity index (χ2n) is 4.81. The summed E-state index contributed by atoms with van der Waals surface area (Å²) < 4.78 is 10.3. The van der Waals surface area contributed by atoms with E-state index >= 15 is 0 Å². The van der Waals surface area contributed by atoms with Gasteiger partial charge in [0.15, 0.2) is 5.41 Å². The number of pyridine rings is 1. The average Bonchev–Trinajstić information content (AvgIpc) is 2.48. The molecule has 116 valence electrons. The lowest BCUT2D eigenvalue weighted by Crippen LogP contribution is -2.44. The zero-order valence-corrected chi connectivity index (χ0v) is 12.9. The number of hydrogen-bond acceptors (Lipinski definition) is 5. The van der Waals surface area contributed by atoms with Gasteiger partial charge in [0, 0.05) is 18.8 Å². The van der Waals surface area contributed by atoms with E-state index in [9.17, 15) is 9.59 Å². The Kier molecular flexibility index (Phi) is 6.85. The molecule has 1 aromatic rings. The van der Waals surface area contributed by atoms with Gasteiger partial charge >= 0.3 is 11.9 Å². The summed E-state index contributed by atoms with van der Waals surface area (Å²) in [6.07, 6.45) is 4.62.